The SMILES string of the molecule is CS(=O)(=O)N(CC(=O)Nc1cccc(Cl)c1)Cc1cccnc1. The maximum Gasteiger partial charge on any atom is 0.239 e. The van der Waals surface area contributed by atoms with Crippen LogP contribution in [0.1, 0.15) is 5.56 Å². The molecule has 0 saturated carbocycles. The van der Waals surface area contributed by atoms with Crippen LogP contribution in [0.3, 0.4) is 0 Å². The highest BCUT2D eigenvalue weighted by Crippen LogP contribution is 2.15. The van der Waals surface area contributed by atoms with E-state index in [-0.39, 0.29) is 13.1 Å². The predicted octanol–water partition coefficient (Wildman–Crippen LogP) is 2.14. The molecule has 1 amide bonds. The van der Waals surface area contributed by atoms with Gasteiger partial charge in [-0.25, -0.2) is 8.42 Å². The van der Waals surface area contributed by atoms with Crippen LogP contribution in [0.5, 0.6) is 0 Å². The normalized spacial score (nSPS) is 11.4. The lowest BCUT2D eigenvalue weighted by Gasteiger charge is -2.19. The van der Waals surface area contributed by atoms with E-state index in [1.54, 1.807) is 48.8 Å². The average Bonchev–Trinajstić information content (AvgIpc) is 2.46. The van der Waals surface area contributed by atoms with Crippen LogP contribution in [0.15, 0.2) is 48.8 Å². The van der Waals surface area contributed by atoms with E-state index in [1.165, 1.54) is 0 Å². The fourth-order valence-electron chi connectivity index (χ4n) is 1.91. The number of hydrogen-bond acceptors (Lipinski definition) is 4. The van der Waals surface area contributed by atoms with Crippen molar-refractivity contribution in [3.8, 4) is 0 Å². The Morgan fingerprint density at radius 1 is 1.30 bits per heavy atom. The summed E-state index contributed by atoms with van der Waals surface area (Å²) >= 11 is 5.85. The van der Waals surface area contributed by atoms with Gasteiger partial charge in [0.25, 0.3) is 0 Å². The number of carbonyl (C=O) groups is 1. The van der Waals surface area contributed by atoms with Crippen molar-refractivity contribution < 1.29 is 13.2 Å². The van der Waals surface area contributed by atoms with Crippen LogP contribution in [0.4, 0.5) is 5.69 Å². The Kier molecular flexibility index (Phi) is 5.70. The van der Waals surface area contributed by atoms with Gasteiger partial charge < -0.3 is 5.32 Å². The van der Waals surface area contributed by atoms with Crippen LogP contribution >= 0.6 is 11.6 Å². The van der Waals surface area contributed by atoms with E-state index in [1.807, 2.05) is 0 Å². The summed E-state index contributed by atoms with van der Waals surface area (Å²) in [6, 6.07) is 10.1. The van der Waals surface area contributed by atoms with Crippen molar-refractivity contribution in [3.05, 3.63) is 59.4 Å². The number of carbonyl (C=O) groups excluding carboxylic acids is 1. The minimum atomic E-state index is -3.54. The monoisotopic (exact) mass is 353 g/mol. The quantitative estimate of drug-likeness (QED) is 0.862. The van der Waals surface area contributed by atoms with Crippen LogP contribution in [0, 0.1) is 0 Å². The Labute approximate surface area is 140 Å². The molecule has 1 N–H and O–H groups in total. The first-order valence-corrected chi connectivity index (χ1v) is 8.96. The summed E-state index contributed by atoms with van der Waals surface area (Å²) in [7, 11) is -3.54. The molecule has 0 spiro atoms. The van der Waals surface area contributed by atoms with Crippen molar-refractivity contribution in [2.45, 2.75) is 6.54 Å². The third-order valence-electron chi connectivity index (χ3n) is 2.98. The zero-order chi connectivity index (χ0) is 16.9. The molecule has 0 unspecified atom stereocenters. The third kappa shape index (κ3) is 5.63. The Morgan fingerprint density at radius 2 is 2.09 bits per heavy atom. The average molecular weight is 354 g/mol. The molecule has 0 aliphatic rings. The molecule has 6 nitrogen and oxygen atoms in total. The number of hydrogen-bond donors (Lipinski definition) is 1. The van der Waals surface area contributed by atoms with E-state index < -0.39 is 15.9 Å². The molecule has 23 heavy (non-hydrogen) atoms. The van der Waals surface area contributed by atoms with Crippen LogP contribution < -0.4 is 5.32 Å². The number of rotatable bonds is 6. The standard InChI is InChI=1S/C15H16ClN3O3S/c1-23(21,22)19(10-12-4-3-7-17-9-12)11-15(20)18-14-6-2-5-13(16)8-14/h2-9H,10-11H2,1H3,(H,18,20). The Bertz CT molecular complexity index is 782. The summed E-state index contributed by atoms with van der Waals surface area (Å²) in [5.74, 6) is -0.443. The van der Waals surface area contributed by atoms with Gasteiger partial charge in [-0.15, -0.1) is 0 Å². The van der Waals surface area contributed by atoms with Gasteiger partial charge in [-0.2, -0.15) is 4.31 Å². The Hall–Kier alpha value is -1.96. The molecule has 0 radical (unpaired) electrons. The highest BCUT2D eigenvalue weighted by atomic mass is 35.5. The number of amides is 1. The van der Waals surface area contributed by atoms with Gasteiger partial charge >= 0.3 is 0 Å². The maximum atomic E-state index is 12.1. The lowest BCUT2D eigenvalue weighted by Crippen LogP contribution is -2.36. The molecule has 0 atom stereocenters. The second-order valence-corrected chi connectivity index (χ2v) is 7.37. The first kappa shape index (κ1) is 17.4. The molecule has 2 rings (SSSR count). The second kappa shape index (κ2) is 7.54. The lowest BCUT2D eigenvalue weighted by atomic mass is 10.3. The fraction of sp³-hybridized carbons (Fsp3) is 0.200. The topological polar surface area (TPSA) is 79.4 Å². The van der Waals surface area contributed by atoms with E-state index in [4.69, 9.17) is 11.6 Å². The van der Waals surface area contributed by atoms with Gasteiger partial charge in [0, 0.05) is 29.6 Å². The molecule has 0 aliphatic heterocycles. The smallest absolute Gasteiger partial charge is 0.239 e. The van der Waals surface area contributed by atoms with Gasteiger partial charge in [0.15, 0.2) is 0 Å². The van der Waals surface area contributed by atoms with Gasteiger partial charge in [-0.3, -0.25) is 9.78 Å². The molecule has 2 aromatic rings. The summed E-state index contributed by atoms with van der Waals surface area (Å²) in [6.07, 6.45) is 4.23. The second-order valence-electron chi connectivity index (χ2n) is 4.95. The minimum absolute atomic E-state index is 0.0790. The number of benzene rings is 1. The highest BCUT2D eigenvalue weighted by Gasteiger charge is 2.20. The maximum absolute atomic E-state index is 12.1. The van der Waals surface area contributed by atoms with Crippen molar-refractivity contribution in [3.63, 3.8) is 0 Å². The predicted molar refractivity (Wildman–Crippen MR) is 89.6 cm³/mol. The summed E-state index contributed by atoms with van der Waals surface area (Å²) < 4.78 is 24.9. The number of aromatic nitrogens is 1. The molecule has 0 bridgehead atoms. The van der Waals surface area contributed by atoms with Crippen LogP contribution in [-0.2, 0) is 21.4 Å². The molecule has 1 heterocycles. The van der Waals surface area contributed by atoms with Crippen molar-refractivity contribution in [2.24, 2.45) is 0 Å². The molecule has 0 aliphatic carbocycles. The van der Waals surface area contributed by atoms with Gasteiger partial charge in [0.1, 0.15) is 0 Å². The van der Waals surface area contributed by atoms with E-state index in [9.17, 15) is 13.2 Å². The fourth-order valence-corrected chi connectivity index (χ4v) is 2.84. The van der Waals surface area contributed by atoms with Gasteiger partial charge in [0.05, 0.1) is 12.8 Å². The van der Waals surface area contributed by atoms with E-state index in [2.05, 4.69) is 10.3 Å². The number of nitrogens with one attached hydrogen (secondary N) is 1. The minimum Gasteiger partial charge on any atom is -0.325 e. The van der Waals surface area contributed by atoms with Crippen LogP contribution in [-0.4, -0.2) is 36.4 Å². The summed E-state index contributed by atoms with van der Waals surface area (Å²) in [5.41, 5.74) is 1.21. The zero-order valence-electron chi connectivity index (χ0n) is 12.4. The summed E-state index contributed by atoms with van der Waals surface area (Å²) in [5, 5.41) is 3.11. The Morgan fingerprint density at radius 3 is 2.70 bits per heavy atom. The molecular weight excluding hydrogens is 338 g/mol. The molecule has 0 saturated heterocycles. The van der Waals surface area contributed by atoms with Gasteiger partial charge in [0.2, 0.25) is 15.9 Å². The number of pyridine rings is 1. The van der Waals surface area contributed by atoms with Gasteiger partial charge in [-0.05, 0) is 29.8 Å². The summed E-state index contributed by atoms with van der Waals surface area (Å²) in [6.45, 7) is -0.212. The molecule has 1 aromatic heterocycles. The summed E-state index contributed by atoms with van der Waals surface area (Å²) in [4.78, 5) is 16.0. The number of halogens is 1. The third-order valence-corrected chi connectivity index (χ3v) is 4.41. The van der Waals surface area contributed by atoms with E-state index >= 15 is 0 Å². The van der Waals surface area contributed by atoms with E-state index in [0.29, 0.717) is 16.3 Å². The molecule has 122 valence electrons. The molecular formula is C15H16ClN3O3S. The van der Waals surface area contributed by atoms with Crippen molar-refractivity contribution >= 4 is 33.2 Å². The van der Waals surface area contributed by atoms with Crippen molar-refractivity contribution in [1.82, 2.24) is 9.29 Å². The molecule has 0 fully saturated rings. The first-order chi connectivity index (χ1) is 10.8. The lowest BCUT2D eigenvalue weighted by molar-refractivity contribution is -0.116. The number of sulfonamides is 1. The van der Waals surface area contributed by atoms with Crippen LogP contribution in [0.2, 0.25) is 5.02 Å². The Balaban J connectivity index is 2.07. The van der Waals surface area contributed by atoms with Crippen molar-refractivity contribution in [1.29, 1.82) is 0 Å². The van der Waals surface area contributed by atoms with Crippen LogP contribution in [0.25, 0.3) is 0 Å². The highest BCUT2D eigenvalue weighted by molar-refractivity contribution is 7.88. The molecule has 1 aromatic carbocycles. The van der Waals surface area contributed by atoms with Gasteiger partial charge in [-0.1, -0.05) is 23.7 Å². The van der Waals surface area contributed by atoms with E-state index in [0.717, 1.165) is 10.6 Å². The number of anilines is 1. The van der Waals surface area contributed by atoms with Crippen molar-refractivity contribution in [2.75, 3.05) is 18.1 Å². The largest absolute Gasteiger partial charge is 0.325 e. The number of nitrogens with zero attached hydrogens (tertiary/aromatic N) is 2. The first-order valence-electron chi connectivity index (χ1n) is 6.74. The zero-order valence-corrected chi connectivity index (χ0v) is 14.0. The molecule has 8 heteroatoms.